The third-order valence-electron chi connectivity index (χ3n) is 1.69. The minimum atomic E-state index is -0.687. The fourth-order valence-electron chi connectivity index (χ4n) is 1.06. The van der Waals surface area contributed by atoms with E-state index in [-0.39, 0.29) is 6.04 Å². The Balaban J connectivity index is 2.24. The summed E-state index contributed by atoms with van der Waals surface area (Å²) in [5.41, 5.74) is 5.90. The van der Waals surface area contributed by atoms with Crippen molar-refractivity contribution in [2.24, 2.45) is 0 Å². The van der Waals surface area contributed by atoms with Crippen LogP contribution in [0.4, 0.5) is 0 Å². The second kappa shape index (κ2) is 3.88. The lowest BCUT2D eigenvalue weighted by Crippen LogP contribution is -2.51. The van der Waals surface area contributed by atoms with Crippen molar-refractivity contribution in [3.8, 4) is 0 Å². The van der Waals surface area contributed by atoms with Gasteiger partial charge in [0.25, 0.3) is 0 Å². The number of rotatable bonds is 2. The van der Waals surface area contributed by atoms with Gasteiger partial charge in [-0.05, 0) is 12.8 Å². The summed E-state index contributed by atoms with van der Waals surface area (Å²) in [6, 6.07) is 0.0405. The molecule has 1 heterocycles. The molecule has 0 aliphatic carbocycles. The van der Waals surface area contributed by atoms with E-state index >= 15 is 0 Å². The van der Waals surface area contributed by atoms with Gasteiger partial charge in [-0.15, -0.1) is 0 Å². The molecule has 0 aromatic carbocycles. The van der Waals surface area contributed by atoms with Crippen LogP contribution in [0.1, 0.15) is 12.8 Å². The second-order valence-electron chi connectivity index (χ2n) is 2.45. The molecule has 10 heavy (non-hydrogen) atoms. The van der Waals surface area contributed by atoms with Crippen LogP contribution in [0.3, 0.4) is 0 Å². The van der Waals surface area contributed by atoms with E-state index in [1.807, 2.05) is 0 Å². The van der Waals surface area contributed by atoms with Crippen LogP contribution in [0.5, 0.6) is 0 Å². The molecule has 1 rings (SSSR count). The first kappa shape index (κ1) is 7.94. The zero-order valence-corrected chi connectivity index (χ0v) is 6.13. The maximum absolute atomic E-state index is 9.16. The summed E-state index contributed by atoms with van der Waals surface area (Å²) < 4.78 is 4.74. The number of ether oxygens (including phenoxy) is 1. The van der Waals surface area contributed by atoms with Crippen molar-refractivity contribution in [3.63, 3.8) is 0 Å². The predicted molar refractivity (Wildman–Crippen MR) is 37.2 cm³/mol. The van der Waals surface area contributed by atoms with Gasteiger partial charge in [0.15, 0.2) is 6.29 Å². The molecule has 1 fully saturated rings. The molecular formula is C6H14N2O2. The number of hydrazine groups is 1. The van der Waals surface area contributed by atoms with E-state index in [4.69, 9.17) is 9.84 Å². The predicted octanol–water partition coefficient (Wildman–Crippen LogP) is -0.792. The van der Waals surface area contributed by atoms with Crippen molar-refractivity contribution >= 4 is 0 Å². The van der Waals surface area contributed by atoms with Crippen LogP contribution in [-0.2, 0) is 4.74 Å². The highest BCUT2D eigenvalue weighted by molar-refractivity contribution is 4.71. The van der Waals surface area contributed by atoms with Crippen molar-refractivity contribution in [1.82, 2.24) is 10.9 Å². The largest absolute Gasteiger partial charge is 0.367 e. The first-order valence-electron chi connectivity index (χ1n) is 3.54. The minimum Gasteiger partial charge on any atom is -0.367 e. The first-order chi connectivity index (χ1) is 4.84. The van der Waals surface area contributed by atoms with E-state index < -0.39 is 6.29 Å². The van der Waals surface area contributed by atoms with Gasteiger partial charge in [-0.3, -0.25) is 5.43 Å². The third kappa shape index (κ3) is 1.91. The molecule has 0 saturated carbocycles. The fourth-order valence-corrected chi connectivity index (χ4v) is 1.06. The van der Waals surface area contributed by atoms with Gasteiger partial charge in [0, 0.05) is 13.7 Å². The molecule has 0 aromatic heterocycles. The highest BCUT2D eigenvalue weighted by Gasteiger charge is 2.19. The molecule has 0 aromatic rings. The normalized spacial score (nSPS) is 30.0. The Morgan fingerprint density at radius 2 is 2.50 bits per heavy atom. The molecule has 1 saturated heterocycles. The third-order valence-corrected chi connectivity index (χ3v) is 1.69. The summed E-state index contributed by atoms with van der Waals surface area (Å²) in [4.78, 5) is 0. The lowest BCUT2D eigenvalue weighted by molar-refractivity contribution is -0.104. The molecule has 0 bridgehead atoms. The first-order valence-corrected chi connectivity index (χ1v) is 3.54. The average molecular weight is 146 g/mol. The number of hydrogen-bond donors (Lipinski definition) is 3. The van der Waals surface area contributed by atoms with Crippen LogP contribution in [0.15, 0.2) is 0 Å². The molecule has 0 spiro atoms. The van der Waals surface area contributed by atoms with Gasteiger partial charge < -0.3 is 9.84 Å². The van der Waals surface area contributed by atoms with Crippen molar-refractivity contribution in [1.29, 1.82) is 0 Å². The van der Waals surface area contributed by atoms with Crippen molar-refractivity contribution in [2.45, 2.75) is 25.2 Å². The summed E-state index contributed by atoms with van der Waals surface area (Å²) >= 11 is 0. The number of methoxy groups -OCH3 is 1. The van der Waals surface area contributed by atoms with Crippen LogP contribution >= 0.6 is 0 Å². The number of aliphatic hydroxyl groups is 1. The summed E-state index contributed by atoms with van der Waals surface area (Å²) in [6.45, 7) is 0.965. The van der Waals surface area contributed by atoms with Gasteiger partial charge in [-0.1, -0.05) is 0 Å². The molecular weight excluding hydrogens is 132 g/mol. The number of aliphatic hydroxyl groups excluding tert-OH is 1. The van der Waals surface area contributed by atoms with Gasteiger partial charge in [0.2, 0.25) is 0 Å². The van der Waals surface area contributed by atoms with Gasteiger partial charge in [0.05, 0.1) is 6.04 Å². The molecule has 60 valence electrons. The molecule has 4 heteroatoms. The van der Waals surface area contributed by atoms with Crippen molar-refractivity contribution in [3.05, 3.63) is 0 Å². The van der Waals surface area contributed by atoms with E-state index in [1.165, 1.54) is 7.11 Å². The van der Waals surface area contributed by atoms with E-state index in [0.717, 1.165) is 19.4 Å². The SMILES string of the molecule is COC(O)[C@@H]1CCCNN1. The zero-order chi connectivity index (χ0) is 7.40. The minimum absolute atomic E-state index is 0.0405. The Bertz CT molecular complexity index is 93.7. The van der Waals surface area contributed by atoms with Crippen molar-refractivity contribution < 1.29 is 9.84 Å². The van der Waals surface area contributed by atoms with Gasteiger partial charge >= 0.3 is 0 Å². The highest BCUT2D eigenvalue weighted by atomic mass is 16.6. The van der Waals surface area contributed by atoms with E-state index in [1.54, 1.807) is 0 Å². The van der Waals surface area contributed by atoms with Gasteiger partial charge in [-0.2, -0.15) is 0 Å². The second-order valence-corrected chi connectivity index (χ2v) is 2.45. The summed E-state index contributed by atoms with van der Waals surface area (Å²) in [7, 11) is 1.50. The molecule has 4 nitrogen and oxygen atoms in total. The van der Waals surface area contributed by atoms with Crippen LogP contribution < -0.4 is 10.9 Å². The Kier molecular flexibility index (Phi) is 3.08. The number of hydrogen-bond acceptors (Lipinski definition) is 4. The Morgan fingerprint density at radius 3 is 3.00 bits per heavy atom. The van der Waals surface area contributed by atoms with Crippen LogP contribution in [-0.4, -0.2) is 31.1 Å². The summed E-state index contributed by atoms with van der Waals surface area (Å²) in [5, 5.41) is 9.16. The average Bonchev–Trinajstić information content (AvgIpc) is 2.05. The maximum Gasteiger partial charge on any atom is 0.170 e. The molecule has 0 radical (unpaired) electrons. The maximum atomic E-state index is 9.16. The quantitative estimate of drug-likeness (QED) is 0.447. The topological polar surface area (TPSA) is 53.5 Å². The molecule has 1 aliphatic rings. The standard InChI is InChI=1S/C6H14N2O2/c1-10-6(9)5-3-2-4-7-8-5/h5-9H,2-4H2,1H3/t5-,6?/m0/s1. The smallest absolute Gasteiger partial charge is 0.170 e. The molecule has 2 atom stereocenters. The number of nitrogens with one attached hydrogen (secondary N) is 2. The molecule has 1 aliphatic heterocycles. The van der Waals surface area contributed by atoms with Crippen molar-refractivity contribution in [2.75, 3.05) is 13.7 Å². The molecule has 3 N–H and O–H groups in total. The van der Waals surface area contributed by atoms with Crippen LogP contribution in [0, 0.1) is 0 Å². The summed E-state index contributed by atoms with van der Waals surface area (Å²) in [6.07, 6.45) is 1.35. The zero-order valence-electron chi connectivity index (χ0n) is 6.13. The van der Waals surface area contributed by atoms with E-state index in [0.29, 0.717) is 0 Å². The summed E-state index contributed by atoms with van der Waals surface area (Å²) in [5.74, 6) is 0. The molecule has 1 unspecified atom stereocenters. The van der Waals surface area contributed by atoms with Gasteiger partial charge in [-0.25, -0.2) is 5.43 Å². The highest BCUT2D eigenvalue weighted by Crippen LogP contribution is 2.04. The fraction of sp³-hybridized carbons (Fsp3) is 1.00. The Morgan fingerprint density at radius 1 is 1.70 bits per heavy atom. The lowest BCUT2D eigenvalue weighted by atomic mass is 10.1. The van der Waals surface area contributed by atoms with E-state index in [2.05, 4.69) is 10.9 Å². The lowest BCUT2D eigenvalue weighted by Gasteiger charge is -2.27. The molecule has 0 amide bonds. The monoisotopic (exact) mass is 146 g/mol. The van der Waals surface area contributed by atoms with E-state index in [9.17, 15) is 0 Å². The Labute approximate surface area is 60.5 Å². The van der Waals surface area contributed by atoms with Gasteiger partial charge in [0.1, 0.15) is 0 Å². The van der Waals surface area contributed by atoms with Crippen LogP contribution in [0.25, 0.3) is 0 Å². The Hall–Kier alpha value is -0.160. The van der Waals surface area contributed by atoms with Crippen LogP contribution in [0.2, 0.25) is 0 Å².